The van der Waals surface area contributed by atoms with Crippen molar-refractivity contribution in [2.24, 2.45) is 0 Å². The predicted octanol–water partition coefficient (Wildman–Crippen LogP) is 3.01. The highest BCUT2D eigenvalue weighted by atomic mass is 32.2. The molecule has 1 fully saturated rings. The lowest BCUT2D eigenvalue weighted by molar-refractivity contribution is -0.130. The minimum Gasteiger partial charge on any atom is -0.351 e. The van der Waals surface area contributed by atoms with Gasteiger partial charge < -0.3 is 5.32 Å². The number of aromatic amines is 1. The number of rotatable bonds is 7. The molecule has 0 saturated heterocycles. The number of H-pyrrole nitrogens is 1. The number of alkyl halides is 3. The second kappa shape index (κ2) is 8.98. The summed E-state index contributed by atoms with van der Waals surface area (Å²) in [5.74, 6) is -0.544. The quantitative estimate of drug-likeness (QED) is 0.486. The summed E-state index contributed by atoms with van der Waals surface area (Å²) in [6.07, 6.45) is -0.210. The maximum Gasteiger partial charge on any atom is 0.390 e. The normalized spacial score (nSPS) is 19.8. The Balaban J connectivity index is 1.32. The van der Waals surface area contributed by atoms with Crippen LogP contribution < -0.4 is 10.0 Å². The van der Waals surface area contributed by atoms with Crippen molar-refractivity contribution in [2.45, 2.75) is 50.4 Å². The molecule has 3 N–H and O–H groups in total. The van der Waals surface area contributed by atoms with E-state index >= 15 is 0 Å². The van der Waals surface area contributed by atoms with E-state index in [1.54, 1.807) is 12.4 Å². The monoisotopic (exact) mass is 469 g/mol. The number of sulfonamides is 1. The van der Waals surface area contributed by atoms with Gasteiger partial charge in [0.25, 0.3) is 0 Å². The fourth-order valence-corrected chi connectivity index (χ4v) is 5.04. The first-order chi connectivity index (χ1) is 15.2. The third-order valence-electron chi connectivity index (χ3n) is 5.29. The summed E-state index contributed by atoms with van der Waals surface area (Å²) in [4.78, 5) is 13.1. The Hall–Kier alpha value is -2.80. The maximum atomic E-state index is 12.3. The van der Waals surface area contributed by atoms with Gasteiger partial charge in [0.1, 0.15) is 0 Å². The summed E-state index contributed by atoms with van der Waals surface area (Å²) in [7, 11) is -3.97. The van der Waals surface area contributed by atoms with Gasteiger partial charge in [0.05, 0.1) is 28.9 Å². The number of fused-ring (bicyclic) bond motifs is 1. The summed E-state index contributed by atoms with van der Waals surface area (Å²) in [5.41, 5.74) is 1.95. The van der Waals surface area contributed by atoms with E-state index in [0.29, 0.717) is 37.3 Å². The third-order valence-corrected chi connectivity index (χ3v) is 6.73. The smallest absolute Gasteiger partial charge is 0.351 e. The van der Waals surface area contributed by atoms with Crippen molar-refractivity contribution in [1.29, 1.82) is 0 Å². The van der Waals surface area contributed by atoms with Crippen LogP contribution in [0.1, 0.15) is 32.1 Å². The molecule has 1 saturated carbocycles. The zero-order valence-electron chi connectivity index (χ0n) is 16.9. The minimum absolute atomic E-state index is 0.0255. The summed E-state index contributed by atoms with van der Waals surface area (Å²) >= 11 is 0. The van der Waals surface area contributed by atoms with Gasteiger partial charge in [-0.05, 0) is 37.8 Å². The molecule has 32 heavy (non-hydrogen) atoms. The van der Waals surface area contributed by atoms with E-state index in [4.69, 9.17) is 0 Å². The SMILES string of the molecule is O=S(=O)(CCC(F)(F)F)NC1CCC(Nc2ncc3c(-c4ccccn4)[nH]nc3n2)CC1. The highest BCUT2D eigenvalue weighted by molar-refractivity contribution is 7.89. The predicted molar refractivity (Wildman–Crippen MR) is 112 cm³/mol. The molecule has 4 rings (SSSR count). The van der Waals surface area contributed by atoms with Crippen LogP contribution in [0.25, 0.3) is 22.4 Å². The van der Waals surface area contributed by atoms with Crippen LogP contribution in [-0.2, 0) is 10.0 Å². The molecule has 172 valence electrons. The topological polar surface area (TPSA) is 126 Å². The van der Waals surface area contributed by atoms with Gasteiger partial charge in [-0.2, -0.15) is 23.3 Å². The molecule has 1 aliphatic rings. The molecule has 13 heteroatoms. The molecule has 0 unspecified atom stereocenters. The fraction of sp³-hybridized carbons (Fsp3) is 0.474. The summed E-state index contributed by atoms with van der Waals surface area (Å²) < 4.78 is 63.0. The summed E-state index contributed by atoms with van der Waals surface area (Å²) in [5, 5.41) is 11.1. The van der Waals surface area contributed by atoms with Crippen LogP contribution in [-0.4, -0.2) is 57.6 Å². The first-order valence-corrected chi connectivity index (χ1v) is 11.8. The van der Waals surface area contributed by atoms with Gasteiger partial charge >= 0.3 is 6.18 Å². The highest BCUT2D eigenvalue weighted by Gasteiger charge is 2.31. The summed E-state index contributed by atoms with van der Waals surface area (Å²) in [6, 6.07) is 5.20. The molecule has 9 nitrogen and oxygen atoms in total. The van der Waals surface area contributed by atoms with Crippen LogP contribution in [0.15, 0.2) is 30.6 Å². The van der Waals surface area contributed by atoms with Gasteiger partial charge in [0.15, 0.2) is 5.65 Å². The zero-order valence-corrected chi connectivity index (χ0v) is 17.7. The Labute approximate surface area is 182 Å². The van der Waals surface area contributed by atoms with Crippen LogP contribution in [0.4, 0.5) is 19.1 Å². The van der Waals surface area contributed by atoms with Gasteiger partial charge in [-0.1, -0.05) is 6.07 Å². The van der Waals surface area contributed by atoms with E-state index in [0.717, 1.165) is 16.8 Å². The van der Waals surface area contributed by atoms with Crippen molar-refractivity contribution in [3.8, 4) is 11.4 Å². The van der Waals surface area contributed by atoms with E-state index in [9.17, 15) is 21.6 Å². The lowest BCUT2D eigenvalue weighted by atomic mass is 9.92. The third kappa shape index (κ3) is 5.71. The Morgan fingerprint density at radius 2 is 1.84 bits per heavy atom. The van der Waals surface area contributed by atoms with E-state index in [-0.39, 0.29) is 12.1 Å². The number of aromatic nitrogens is 5. The number of pyridine rings is 1. The van der Waals surface area contributed by atoms with Crippen molar-refractivity contribution in [2.75, 3.05) is 11.1 Å². The number of hydrogen-bond donors (Lipinski definition) is 3. The Kier molecular flexibility index (Phi) is 6.29. The van der Waals surface area contributed by atoms with Gasteiger partial charge in [-0.25, -0.2) is 18.1 Å². The minimum atomic E-state index is -4.50. The molecule has 0 aromatic carbocycles. The van der Waals surface area contributed by atoms with E-state index in [1.807, 2.05) is 18.2 Å². The largest absolute Gasteiger partial charge is 0.390 e. The standard InChI is InChI=1S/C19H22F3N7O2S/c20-19(21,22)8-10-32(30,31)29-13-6-4-12(5-7-13)25-18-24-11-14-16(27-28-17(14)26-18)15-3-1-2-9-23-15/h1-3,9,11-13,29H,4-8,10H2,(H2,24,25,26,27,28). The van der Waals surface area contributed by atoms with Gasteiger partial charge in [0.2, 0.25) is 16.0 Å². The molecule has 0 bridgehead atoms. The molecule has 0 spiro atoms. The molecule has 1 aliphatic carbocycles. The first-order valence-electron chi connectivity index (χ1n) is 10.1. The number of nitrogens with one attached hydrogen (secondary N) is 3. The lowest BCUT2D eigenvalue weighted by Gasteiger charge is -2.29. The molecular weight excluding hydrogens is 447 g/mol. The first kappa shape index (κ1) is 22.4. The fourth-order valence-electron chi connectivity index (χ4n) is 3.68. The van der Waals surface area contributed by atoms with Crippen molar-refractivity contribution >= 4 is 27.0 Å². The van der Waals surface area contributed by atoms with E-state index in [2.05, 4.69) is 35.2 Å². The van der Waals surface area contributed by atoms with E-state index in [1.165, 1.54) is 0 Å². The van der Waals surface area contributed by atoms with Gasteiger partial charge in [-0.15, -0.1) is 0 Å². The molecule has 3 aromatic heterocycles. The second-order valence-electron chi connectivity index (χ2n) is 7.74. The molecular formula is C19H22F3N7O2S. The average Bonchev–Trinajstić information content (AvgIpc) is 3.17. The average molecular weight is 469 g/mol. The number of halogens is 3. The number of anilines is 1. The van der Waals surface area contributed by atoms with Crippen molar-refractivity contribution < 1.29 is 21.6 Å². The molecule has 3 heterocycles. The van der Waals surface area contributed by atoms with Crippen LogP contribution in [0.3, 0.4) is 0 Å². The Morgan fingerprint density at radius 1 is 1.09 bits per heavy atom. The molecule has 0 aliphatic heterocycles. The zero-order chi connectivity index (χ0) is 22.8. The molecule has 3 aromatic rings. The van der Waals surface area contributed by atoms with Crippen LogP contribution in [0.2, 0.25) is 0 Å². The second-order valence-corrected chi connectivity index (χ2v) is 9.61. The Morgan fingerprint density at radius 3 is 2.53 bits per heavy atom. The van der Waals surface area contributed by atoms with Crippen molar-refractivity contribution in [1.82, 2.24) is 29.9 Å². The Bertz CT molecular complexity index is 1160. The summed E-state index contributed by atoms with van der Waals surface area (Å²) in [6.45, 7) is 0. The van der Waals surface area contributed by atoms with E-state index < -0.39 is 28.4 Å². The lowest BCUT2D eigenvalue weighted by Crippen LogP contribution is -2.41. The van der Waals surface area contributed by atoms with Crippen LogP contribution >= 0.6 is 0 Å². The van der Waals surface area contributed by atoms with Crippen molar-refractivity contribution in [3.05, 3.63) is 30.6 Å². The number of hydrogen-bond acceptors (Lipinski definition) is 7. The molecule has 0 atom stereocenters. The maximum absolute atomic E-state index is 12.3. The number of nitrogens with zero attached hydrogens (tertiary/aromatic N) is 4. The van der Waals surface area contributed by atoms with Gasteiger partial charge in [0, 0.05) is 24.5 Å². The van der Waals surface area contributed by atoms with Crippen molar-refractivity contribution in [3.63, 3.8) is 0 Å². The highest BCUT2D eigenvalue weighted by Crippen LogP contribution is 2.26. The van der Waals surface area contributed by atoms with Crippen LogP contribution in [0.5, 0.6) is 0 Å². The van der Waals surface area contributed by atoms with Crippen LogP contribution in [0, 0.1) is 0 Å². The molecule has 0 radical (unpaired) electrons. The van der Waals surface area contributed by atoms with Gasteiger partial charge in [-0.3, -0.25) is 10.1 Å². The molecule has 0 amide bonds.